The van der Waals surface area contributed by atoms with Crippen LogP contribution < -0.4 is 5.01 Å². The van der Waals surface area contributed by atoms with Crippen LogP contribution in [-0.4, -0.2) is 17.6 Å². The fourth-order valence-corrected chi connectivity index (χ4v) is 2.43. The van der Waals surface area contributed by atoms with Gasteiger partial charge in [-0.25, -0.2) is 22.4 Å². The van der Waals surface area contributed by atoms with Crippen LogP contribution >= 0.6 is 0 Å². The van der Waals surface area contributed by atoms with E-state index >= 15 is 0 Å². The quantitative estimate of drug-likeness (QED) is 0.464. The molecular formula is C18H12F4N2O3. The summed E-state index contributed by atoms with van der Waals surface area (Å²) in [6.07, 6.45) is -0.472. The second-order valence-electron chi connectivity index (χ2n) is 5.63. The van der Waals surface area contributed by atoms with Gasteiger partial charge in [0.2, 0.25) is 5.91 Å². The third kappa shape index (κ3) is 3.81. The summed E-state index contributed by atoms with van der Waals surface area (Å²) in [6, 6.07) is 8.71. The first-order valence-electron chi connectivity index (χ1n) is 7.83. The van der Waals surface area contributed by atoms with Gasteiger partial charge in [-0.15, -0.1) is 0 Å². The van der Waals surface area contributed by atoms with Crippen molar-refractivity contribution < 1.29 is 31.9 Å². The summed E-state index contributed by atoms with van der Waals surface area (Å²) in [5.41, 5.74) is -0.918. The lowest BCUT2D eigenvalue weighted by molar-refractivity contribution is -0.137. The van der Waals surface area contributed by atoms with Gasteiger partial charge in [-0.3, -0.25) is 4.79 Å². The number of hydrazone groups is 1. The van der Waals surface area contributed by atoms with E-state index in [2.05, 4.69) is 5.10 Å². The molecule has 2 aromatic carbocycles. The maximum atomic E-state index is 13.9. The number of rotatable bonds is 4. The van der Waals surface area contributed by atoms with Crippen LogP contribution in [0.3, 0.4) is 0 Å². The van der Waals surface area contributed by atoms with Crippen LogP contribution in [-0.2, 0) is 20.9 Å². The molecule has 1 aliphatic rings. The highest BCUT2D eigenvalue weighted by Gasteiger charge is 2.32. The zero-order valence-corrected chi connectivity index (χ0v) is 13.7. The van der Waals surface area contributed by atoms with E-state index in [4.69, 9.17) is 4.74 Å². The van der Waals surface area contributed by atoms with Gasteiger partial charge in [0.05, 0.1) is 0 Å². The number of carbonyl (C=O) groups is 2. The van der Waals surface area contributed by atoms with Crippen molar-refractivity contribution in [1.29, 1.82) is 0 Å². The highest BCUT2D eigenvalue weighted by atomic mass is 19.2. The highest BCUT2D eigenvalue weighted by molar-refractivity contribution is 6.38. The average molecular weight is 380 g/mol. The third-order valence-electron chi connectivity index (χ3n) is 3.78. The first-order valence-corrected chi connectivity index (χ1v) is 7.83. The van der Waals surface area contributed by atoms with Crippen molar-refractivity contribution in [2.24, 2.45) is 5.10 Å². The summed E-state index contributed by atoms with van der Waals surface area (Å²) < 4.78 is 59.7. The number of ether oxygens (including phenoxy) is 1. The van der Waals surface area contributed by atoms with E-state index < -0.39 is 40.8 Å². The molecule has 0 aromatic heterocycles. The van der Waals surface area contributed by atoms with E-state index in [-0.39, 0.29) is 36.2 Å². The van der Waals surface area contributed by atoms with Gasteiger partial charge in [0.25, 0.3) is 0 Å². The predicted octanol–water partition coefficient (Wildman–Crippen LogP) is 3.47. The lowest BCUT2D eigenvalue weighted by Crippen LogP contribution is -2.36. The monoisotopic (exact) mass is 380 g/mol. The molecule has 0 fully saturated rings. The Hall–Kier alpha value is -3.23. The molecule has 0 saturated carbocycles. The molecule has 1 heterocycles. The Morgan fingerprint density at radius 3 is 2.30 bits per heavy atom. The second-order valence-corrected chi connectivity index (χ2v) is 5.63. The molecule has 9 heteroatoms. The number of amides is 1. The number of carbonyl (C=O) groups excluding carboxylic acids is 2. The Bertz CT molecular complexity index is 906. The summed E-state index contributed by atoms with van der Waals surface area (Å²) >= 11 is 0. The number of esters is 1. The lowest BCUT2D eigenvalue weighted by Gasteiger charge is -2.23. The number of halogens is 4. The average Bonchev–Trinajstić information content (AvgIpc) is 2.67. The molecule has 0 radical (unpaired) electrons. The fraction of sp³-hybridized carbons (Fsp3) is 0.167. The standard InChI is InChI=1S/C18H12F4N2O3/c19-11-8-12(20)16(22)17(15(11)21)24-14(25)7-6-13(23-24)18(26)27-9-10-4-2-1-3-5-10/h1-5,8H,6-7,9H2. The Kier molecular flexibility index (Phi) is 5.20. The minimum atomic E-state index is -1.79. The number of hydrogen-bond acceptors (Lipinski definition) is 4. The van der Waals surface area contributed by atoms with Crippen LogP contribution in [0.4, 0.5) is 23.2 Å². The van der Waals surface area contributed by atoms with Gasteiger partial charge in [0.15, 0.2) is 23.3 Å². The molecule has 1 aliphatic heterocycles. The maximum Gasteiger partial charge on any atom is 0.354 e. The predicted molar refractivity (Wildman–Crippen MR) is 86.7 cm³/mol. The molecule has 140 valence electrons. The van der Waals surface area contributed by atoms with Crippen LogP contribution in [0.25, 0.3) is 0 Å². The molecule has 0 atom stereocenters. The highest BCUT2D eigenvalue weighted by Crippen LogP contribution is 2.30. The zero-order chi connectivity index (χ0) is 19.6. The Labute approximate surface area is 150 Å². The van der Waals surface area contributed by atoms with E-state index in [1.54, 1.807) is 30.3 Å². The first-order chi connectivity index (χ1) is 12.9. The first kappa shape index (κ1) is 18.6. The Balaban J connectivity index is 1.87. The third-order valence-corrected chi connectivity index (χ3v) is 3.78. The molecule has 5 nitrogen and oxygen atoms in total. The minimum absolute atomic E-state index is 0.0152. The summed E-state index contributed by atoms with van der Waals surface area (Å²) in [7, 11) is 0. The van der Waals surface area contributed by atoms with Crippen molar-refractivity contribution in [3.8, 4) is 0 Å². The van der Waals surface area contributed by atoms with Gasteiger partial charge in [0.1, 0.15) is 18.0 Å². The molecule has 0 N–H and O–H groups in total. The molecule has 2 aromatic rings. The number of benzene rings is 2. The molecule has 0 spiro atoms. The zero-order valence-electron chi connectivity index (χ0n) is 13.7. The van der Waals surface area contributed by atoms with Gasteiger partial charge < -0.3 is 4.74 Å². The molecule has 27 heavy (non-hydrogen) atoms. The van der Waals surface area contributed by atoms with Gasteiger partial charge in [-0.2, -0.15) is 10.1 Å². The number of nitrogens with zero attached hydrogens (tertiary/aromatic N) is 2. The SMILES string of the molecule is O=C(OCc1ccccc1)C1=NN(c2c(F)c(F)cc(F)c2F)C(=O)CC1. The van der Waals surface area contributed by atoms with Gasteiger partial charge >= 0.3 is 5.97 Å². The van der Waals surface area contributed by atoms with Crippen molar-refractivity contribution in [1.82, 2.24) is 0 Å². The Morgan fingerprint density at radius 2 is 1.67 bits per heavy atom. The molecule has 0 bridgehead atoms. The van der Waals surface area contributed by atoms with Gasteiger partial charge in [0, 0.05) is 18.9 Å². The maximum absolute atomic E-state index is 13.9. The van der Waals surface area contributed by atoms with E-state index in [0.717, 1.165) is 0 Å². The van der Waals surface area contributed by atoms with Crippen molar-refractivity contribution in [2.75, 3.05) is 5.01 Å². The van der Waals surface area contributed by atoms with E-state index in [0.29, 0.717) is 5.56 Å². The normalized spacial score (nSPS) is 14.1. The summed E-state index contributed by atoms with van der Waals surface area (Å²) in [5.74, 6) is -8.78. The fourth-order valence-electron chi connectivity index (χ4n) is 2.43. The Morgan fingerprint density at radius 1 is 1.04 bits per heavy atom. The second kappa shape index (κ2) is 7.56. The van der Waals surface area contributed by atoms with Crippen LogP contribution in [0.2, 0.25) is 0 Å². The molecule has 3 rings (SSSR count). The van der Waals surface area contributed by atoms with E-state index in [1.165, 1.54) is 0 Å². The summed E-state index contributed by atoms with van der Waals surface area (Å²) in [5, 5.41) is 3.71. The van der Waals surface area contributed by atoms with Crippen molar-refractivity contribution in [3.05, 3.63) is 65.2 Å². The topological polar surface area (TPSA) is 59.0 Å². The number of hydrogen-bond donors (Lipinski definition) is 0. The number of anilines is 1. The minimum Gasteiger partial charge on any atom is -0.456 e. The molecular weight excluding hydrogens is 368 g/mol. The van der Waals surface area contributed by atoms with Gasteiger partial charge in [-0.1, -0.05) is 30.3 Å². The van der Waals surface area contributed by atoms with Crippen molar-refractivity contribution >= 4 is 23.3 Å². The van der Waals surface area contributed by atoms with E-state index in [9.17, 15) is 27.2 Å². The largest absolute Gasteiger partial charge is 0.456 e. The van der Waals surface area contributed by atoms with E-state index in [1.807, 2.05) is 0 Å². The summed E-state index contributed by atoms with van der Waals surface area (Å²) in [4.78, 5) is 24.1. The molecule has 0 unspecified atom stereocenters. The van der Waals surface area contributed by atoms with Crippen LogP contribution in [0.1, 0.15) is 18.4 Å². The van der Waals surface area contributed by atoms with Crippen molar-refractivity contribution in [3.63, 3.8) is 0 Å². The van der Waals surface area contributed by atoms with Crippen LogP contribution in [0, 0.1) is 23.3 Å². The van der Waals surface area contributed by atoms with Crippen LogP contribution in [0.15, 0.2) is 41.5 Å². The molecule has 1 amide bonds. The summed E-state index contributed by atoms with van der Waals surface area (Å²) in [6.45, 7) is -0.0794. The smallest absolute Gasteiger partial charge is 0.354 e. The molecule has 0 aliphatic carbocycles. The van der Waals surface area contributed by atoms with Crippen molar-refractivity contribution in [2.45, 2.75) is 19.4 Å². The lowest BCUT2D eigenvalue weighted by atomic mass is 10.1. The van der Waals surface area contributed by atoms with Gasteiger partial charge in [-0.05, 0) is 5.56 Å². The molecule has 0 saturated heterocycles. The van der Waals surface area contributed by atoms with Crippen LogP contribution in [0.5, 0.6) is 0 Å².